The van der Waals surface area contributed by atoms with Gasteiger partial charge in [-0.15, -0.1) is 0 Å². The number of morpholine rings is 1. The number of hydrogen-bond donors (Lipinski definition) is 0. The number of nitrogens with zero attached hydrogens (tertiary/aromatic N) is 3. The van der Waals surface area contributed by atoms with E-state index in [0.717, 1.165) is 32.4 Å². The summed E-state index contributed by atoms with van der Waals surface area (Å²) in [5.74, 6) is -0.810. The van der Waals surface area contributed by atoms with Gasteiger partial charge >= 0.3 is 5.97 Å². The van der Waals surface area contributed by atoms with Crippen molar-refractivity contribution in [3.8, 4) is 0 Å². The molecule has 0 amide bonds. The van der Waals surface area contributed by atoms with E-state index in [-0.39, 0.29) is 11.7 Å². The molecule has 7 heteroatoms. The summed E-state index contributed by atoms with van der Waals surface area (Å²) in [6.07, 6.45) is 2.64. The number of anilines is 1. The van der Waals surface area contributed by atoms with Crippen LogP contribution >= 0.6 is 0 Å². The zero-order valence-electron chi connectivity index (χ0n) is 15.0. The molecule has 1 saturated carbocycles. The van der Waals surface area contributed by atoms with Crippen LogP contribution in [0.15, 0.2) is 29.4 Å². The third-order valence-corrected chi connectivity index (χ3v) is 5.62. The molecule has 2 atom stereocenters. The molecule has 0 spiro atoms. The number of hydrazone groups is 1. The number of halogens is 1. The minimum Gasteiger partial charge on any atom is -0.461 e. The molecule has 26 heavy (non-hydrogen) atoms. The van der Waals surface area contributed by atoms with E-state index in [1.807, 2.05) is 0 Å². The van der Waals surface area contributed by atoms with Crippen molar-refractivity contribution >= 4 is 17.4 Å². The molecular weight excluding hydrogens is 337 g/mol. The van der Waals surface area contributed by atoms with Crippen LogP contribution in [0.4, 0.5) is 10.1 Å². The molecule has 0 unspecified atom stereocenters. The Labute approximate surface area is 152 Å². The number of hydrogen-bond acceptors (Lipinski definition) is 6. The Kier molecular flexibility index (Phi) is 4.67. The Bertz CT molecular complexity index is 720. The number of fused-ring (bicyclic) bond motifs is 1. The minimum absolute atomic E-state index is 0.0840. The van der Waals surface area contributed by atoms with Crippen molar-refractivity contribution in [3.63, 3.8) is 0 Å². The van der Waals surface area contributed by atoms with Gasteiger partial charge in [-0.3, -0.25) is 4.90 Å². The van der Waals surface area contributed by atoms with Crippen LogP contribution in [-0.4, -0.2) is 55.2 Å². The Balaban J connectivity index is 1.81. The van der Waals surface area contributed by atoms with Crippen LogP contribution in [0.25, 0.3) is 0 Å². The lowest BCUT2D eigenvalue weighted by molar-refractivity contribution is -0.135. The summed E-state index contributed by atoms with van der Waals surface area (Å²) >= 11 is 0. The van der Waals surface area contributed by atoms with Crippen molar-refractivity contribution < 1.29 is 18.7 Å². The summed E-state index contributed by atoms with van der Waals surface area (Å²) in [4.78, 5) is 14.9. The number of ether oxygens (including phenoxy) is 2. The van der Waals surface area contributed by atoms with Gasteiger partial charge in [-0.05, 0) is 38.3 Å². The first-order valence-electron chi connectivity index (χ1n) is 9.31. The Hall–Kier alpha value is -1.99. The van der Waals surface area contributed by atoms with E-state index in [9.17, 15) is 9.18 Å². The van der Waals surface area contributed by atoms with E-state index >= 15 is 0 Å². The van der Waals surface area contributed by atoms with Crippen LogP contribution in [0.5, 0.6) is 0 Å². The number of esters is 1. The largest absolute Gasteiger partial charge is 0.461 e. The van der Waals surface area contributed by atoms with E-state index in [2.05, 4.69) is 10.0 Å². The maximum atomic E-state index is 14.6. The molecule has 1 aliphatic carbocycles. The summed E-state index contributed by atoms with van der Waals surface area (Å²) in [5.41, 5.74) is 0.304. The number of para-hydroxylation sites is 1. The third-order valence-electron chi connectivity index (χ3n) is 5.62. The van der Waals surface area contributed by atoms with Gasteiger partial charge < -0.3 is 9.47 Å². The zero-order valence-corrected chi connectivity index (χ0v) is 15.0. The van der Waals surface area contributed by atoms with Crippen LogP contribution in [0.2, 0.25) is 0 Å². The van der Waals surface area contributed by atoms with Gasteiger partial charge in [0.1, 0.15) is 11.5 Å². The molecule has 0 bridgehead atoms. The minimum atomic E-state index is -0.520. The molecule has 140 valence electrons. The van der Waals surface area contributed by atoms with Crippen molar-refractivity contribution in [3.05, 3.63) is 30.1 Å². The zero-order chi connectivity index (χ0) is 18.1. The standard InChI is InChI=1S/C19H24FN3O3/c1-2-26-18(24)17-14-6-5-9-19(14,22-10-12-25-13-11-22)23(21-17)16-8-4-3-7-15(16)20/h3-4,7-8,14H,2,5-6,9-13H2,1H3/t14-,19-/m0/s1. The first kappa shape index (κ1) is 17.4. The van der Waals surface area contributed by atoms with Gasteiger partial charge in [-0.25, -0.2) is 14.2 Å². The third kappa shape index (κ3) is 2.61. The van der Waals surface area contributed by atoms with Crippen LogP contribution in [-0.2, 0) is 14.3 Å². The predicted octanol–water partition coefficient (Wildman–Crippen LogP) is 2.39. The normalized spacial score (nSPS) is 28.8. The van der Waals surface area contributed by atoms with Gasteiger partial charge in [0.25, 0.3) is 0 Å². The van der Waals surface area contributed by atoms with E-state index in [4.69, 9.17) is 9.47 Å². The summed E-state index contributed by atoms with van der Waals surface area (Å²) < 4.78 is 25.4. The molecule has 0 radical (unpaired) electrons. The Morgan fingerprint density at radius 3 is 2.88 bits per heavy atom. The maximum Gasteiger partial charge on any atom is 0.354 e. The SMILES string of the molecule is CCOC(=O)C1=NN(c2ccccc2F)[C@@]2(N3CCOCC3)CCC[C@@H]12. The molecule has 1 aromatic carbocycles. The van der Waals surface area contributed by atoms with Crippen LogP contribution in [0, 0.1) is 11.7 Å². The van der Waals surface area contributed by atoms with Crippen molar-refractivity contribution in [1.29, 1.82) is 0 Å². The second-order valence-electron chi connectivity index (χ2n) is 6.89. The fourth-order valence-corrected chi connectivity index (χ4v) is 4.58. The lowest BCUT2D eigenvalue weighted by Crippen LogP contribution is -2.62. The van der Waals surface area contributed by atoms with Gasteiger partial charge in [0.2, 0.25) is 0 Å². The first-order chi connectivity index (χ1) is 12.7. The summed E-state index contributed by atoms with van der Waals surface area (Å²) in [5, 5.41) is 6.37. The number of carbonyl (C=O) groups is 1. The maximum absolute atomic E-state index is 14.6. The van der Waals surface area contributed by atoms with E-state index in [0.29, 0.717) is 31.2 Å². The average molecular weight is 361 g/mol. The topological polar surface area (TPSA) is 54.4 Å². The second kappa shape index (κ2) is 6.96. The molecule has 2 fully saturated rings. The Morgan fingerprint density at radius 1 is 1.38 bits per heavy atom. The van der Waals surface area contributed by atoms with Crippen molar-refractivity contribution in [2.75, 3.05) is 37.9 Å². The van der Waals surface area contributed by atoms with Crippen LogP contribution < -0.4 is 5.01 Å². The van der Waals surface area contributed by atoms with Crippen LogP contribution in [0.3, 0.4) is 0 Å². The molecule has 1 aromatic rings. The quantitative estimate of drug-likeness (QED) is 0.771. The summed E-state index contributed by atoms with van der Waals surface area (Å²) in [7, 11) is 0. The van der Waals surface area contributed by atoms with Gasteiger partial charge in [-0.2, -0.15) is 5.10 Å². The van der Waals surface area contributed by atoms with Gasteiger partial charge in [0.05, 0.1) is 25.5 Å². The molecule has 2 heterocycles. The smallest absolute Gasteiger partial charge is 0.354 e. The molecule has 4 rings (SSSR count). The average Bonchev–Trinajstić information content (AvgIpc) is 3.22. The van der Waals surface area contributed by atoms with Gasteiger partial charge in [0, 0.05) is 19.0 Å². The molecule has 0 aromatic heterocycles. The molecular formula is C19H24FN3O3. The highest BCUT2D eigenvalue weighted by Gasteiger charge is 2.60. The van der Waals surface area contributed by atoms with Crippen LogP contribution in [0.1, 0.15) is 26.2 Å². The highest BCUT2D eigenvalue weighted by molar-refractivity contribution is 6.38. The monoisotopic (exact) mass is 361 g/mol. The van der Waals surface area contributed by atoms with Gasteiger partial charge in [-0.1, -0.05) is 12.1 Å². The number of carbonyl (C=O) groups excluding carboxylic acids is 1. The van der Waals surface area contributed by atoms with Gasteiger partial charge in [0.15, 0.2) is 5.71 Å². The number of benzene rings is 1. The van der Waals surface area contributed by atoms with Crippen molar-refractivity contribution in [1.82, 2.24) is 4.90 Å². The van der Waals surface area contributed by atoms with E-state index < -0.39 is 11.6 Å². The molecule has 3 aliphatic rings. The molecule has 0 N–H and O–H groups in total. The lowest BCUT2D eigenvalue weighted by atomic mass is 9.89. The summed E-state index contributed by atoms with van der Waals surface area (Å²) in [6, 6.07) is 6.63. The highest BCUT2D eigenvalue weighted by Crippen LogP contribution is 2.50. The summed E-state index contributed by atoms with van der Waals surface area (Å²) in [6.45, 7) is 4.84. The Morgan fingerprint density at radius 2 is 2.15 bits per heavy atom. The molecule has 2 aliphatic heterocycles. The fraction of sp³-hybridized carbons (Fsp3) is 0.579. The van der Waals surface area contributed by atoms with Crippen molar-refractivity contribution in [2.45, 2.75) is 31.8 Å². The predicted molar refractivity (Wildman–Crippen MR) is 95.4 cm³/mol. The van der Waals surface area contributed by atoms with E-state index in [1.54, 1.807) is 30.1 Å². The van der Waals surface area contributed by atoms with Crippen molar-refractivity contribution in [2.24, 2.45) is 11.0 Å². The molecule has 6 nitrogen and oxygen atoms in total. The van der Waals surface area contributed by atoms with E-state index in [1.165, 1.54) is 6.07 Å². The lowest BCUT2D eigenvalue weighted by Gasteiger charge is -2.48. The highest BCUT2D eigenvalue weighted by atomic mass is 19.1. The number of rotatable bonds is 4. The fourth-order valence-electron chi connectivity index (χ4n) is 4.58. The second-order valence-corrected chi connectivity index (χ2v) is 6.89. The molecule has 1 saturated heterocycles. The first-order valence-corrected chi connectivity index (χ1v) is 9.31.